The van der Waals surface area contributed by atoms with Crippen LogP contribution in [0.2, 0.25) is 0 Å². The number of methoxy groups -OCH3 is 2. The number of rotatable bonds is 6. The van der Waals surface area contributed by atoms with Crippen LogP contribution in [0.1, 0.15) is 23.8 Å². The summed E-state index contributed by atoms with van der Waals surface area (Å²) in [6.07, 6.45) is 0.974. The zero-order valence-electron chi connectivity index (χ0n) is 15.2. The highest BCUT2D eigenvalue weighted by molar-refractivity contribution is 7.19. The Morgan fingerprint density at radius 2 is 1.85 bits per heavy atom. The Hall–Kier alpha value is -2.85. The number of aryl methyl sites for hydroxylation is 1. The number of fused-ring (bicyclic) bond motifs is 1. The van der Waals surface area contributed by atoms with Gasteiger partial charge in [-0.2, -0.15) is 5.26 Å². The molecule has 0 aliphatic heterocycles. The van der Waals surface area contributed by atoms with Gasteiger partial charge in [0.05, 0.1) is 19.6 Å². The van der Waals surface area contributed by atoms with Crippen molar-refractivity contribution in [1.29, 1.82) is 5.26 Å². The largest absolute Gasteiger partial charge is 0.497 e. The zero-order valence-corrected chi connectivity index (χ0v) is 16.0. The van der Waals surface area contributed by atoms with Crippen molar-refractivity contribution in [2.75, 3.05) is 26.1 Å². The van der Waals surface area contributed by atoms with Crippen LogP contribution in [-0.4, -0.2) is 30.7 Å². The summed E-state index contributed by atoms with van der Waals surface area (Å²) >= 11 is 1.39. The van der Waals surface area contributed by atoms with E-state index in [4.69, 9.17) is 19.4 Å². The molecule has 0 fully saturated rings. The molecule has 0 atom stereocenters. The molecule has 0 radical (unpaired) electrons. The molecule has 0 unspecified atom stereocenters. The number of hydrogen-bond acceptors (Lipinski definition) is 7. The van der Waals surface area contributed by atoms with E-state index < -0.39 is 0 Å². The van der Waals surface area contributed by atoms with Crippen molar-refractivity contribution >= 4 is 27.4 Å². The van der Waals surface area contributed by atoms with E-state index in [9.17, 15) is 5.26 Å². The predicted molar refractivity (Wildman–Crippen MR) is 104 cm³/mol. The third-order valence-electron chi connectivity index (χ3n) is 4.04. The van der Waals surface area contributed by atoms with Crippen LogP contribution in [0.3, 0.4) is 0 Å². The van der Waals surface area contributed by atoms with Crippen molar-refractivity contribution < 1.29 is 9.47 Å². The van der Waals surface area contributed by atoms with Crippen LogP contribution in [0.15, 0.2) is 18.2 Å². The van der Waals surface area contributed by atoms with Crippen LogP contribution in [0, 0.1) is 18.3 Å². The quantitative estimate of drug-likeness (QED) is 0.695. The summed E-state index contributed by atoms with van der Waals surface area (Å²) in [5, 5.41) is 13.7. The third-order valence-corrected chi connectivity index (χ3v) is 5.13. The molecule has 134 valence electrons. The third kappa shape index (κ3) is 3.28. The lowest BCUT2D eigenvalue weighted by atomic mass is 10.1. The number of thiophene rings is 1. The van der Waals surface area contributed by atoms with Gasteiger partial charge in [0.15, 0.2) is 5.82 Å². The molecule has 6 nitrogen and oxygen atoms in total. The standard InChI is InChI=1S/C19H20N4O2S/c1-5-6-21-18-16-11(2)15(10-20)26-19(16)23-17(22-18)12-7-13(24-3)9-14(8-12)25-4/h7-9H,5-6H2,1-4H3,(H,21,22,23). The highest BCUT2D eigenvalue weighted by atomic mass is 32.1. The first-order chi connectivity index (χ1) is 12.6. The van der Waals surface area contributed by atoms with E-state index in [1.165, 1.54) is 11.3 Å². The molecule has 2 heterocycles. The minimum atomic E-state index is 0.569. The maximum absolute atomic E-state index is 9.37. The van der Waals surface area contributed by atoms with Crippen LogP contribution in [0.5, 0.6) is 11.5 Å². The molecule has 0 saturated carbocycles. The van der Waals surface area contributed by atoms with Gasteiger partial charge in [0.25, 0.3) is 0 Å². The number of nitriles is 1. The van der Waals surface area contributed by atoms with E-state index in [1.54, 1.807) is 20.3 Å². The highest BCUT2D eigenvalue weighted by Crippen LogP contribution is 2.36. The van der Waals surface area contributed by atoms with Crippen LogP contribution in [-0.2, 0) is 0 Å². The van der Waals surface area contributed by atoms with E-state index in [1.807, 2.05) is 19.1 Å². The van der Waals surface area contributed by atoms with E-state index in [2.05, 4.69) is 18.3 Å². The minimum absolute atomic E-state index is 0.569. The smallest absolute Gasteiger partial charge is 0.163 e. The Kier molecular flexibility index (Phi) is 5.24. The number of hydrogen-bond donors (Lipinski definition) is 1. The molecule has 0 spiro atoms. The molecular formula is C19H20N4O2S. The summed E-state index contributed by atoms with van der Waals surface area (Å²) in [5.41, 5.74) is 1.72. The fourth-order valence-electron chi connectivity index (χ4n) is 2.68. The highest BCUT2D eigenvalue weighted by Gasteiger charge is 2.17. The van der Waals surface area contributed by atoms with Gasteiger partial charge in [-0.05, 0) is 31.0 Å². The van der Waals surface area contributed by atoms with E-state index >= 15 is 0 Å². The lowest BCUT2D eigenvalue weighted by Crippen LogP contribution is -2.04. The number of aromatic nitrogens is 2. The normalized spacial score (nSPS) is 10.6. The molecule has 3 aromatic rings. The zero-order chi connectivity index (χ0) is 18.7. The Morgan fingerprint density at radius 1 is 1.15 bits per heavy atom. The molecule has 0 bridgehead atoms. The van der Waals surface area contributed by atoms with Crippen molar-refractivity contribution in [2.45, 2.75) is 20.3 Å². The van der Waals surface area contributed by atoms with Gasteiger partial charge in [-0.1, -0.05) is 6.92 Å². The average Bonchev–Trinajstić information content (AvgIpc) is 3.01. The lowest BCUT2D eigenvalue weighted by molar-refractivity contribution is 0.394. The first-order valence-corrected chi connectivity index (χ1v) is 9.11. The second kappa shape index (κ2) is 7.58. The van der Waals surface area contributed by atoms with Gasteiger partial charge < -0.3 is 14.8 Å². The Balaban J connectivity index is 2.22. The fraction of sp³-hybridized carbons (Fsp3) is 0.316. The number of ether oxygens (including phenoxy) is 2. The van der Waals surface area contributed by atoms with Gasteiger partial charge in [0.1, 0.15) is 33.1 Å². The second-order valence-corrected chi connectivity index (χ2v) is 6.77. The predicted octanol–water partition coefficient (Wildman–Crippen LogP) is 4.38. The molecule has 0 aliphatic carbocycles. The van der Waals surface area contributed by atoms with E-state index in [0.717, 1.165) is 40.1 Å². The summed E-state index contributed by atoms with van der Waals surface area (Å²) in [4.78, 5) is 10.9. The van der Waals surface area contributed by atoms with Gasteiger partial charge in [0, 0.05) is 18.2 Å². The van der Waals surface area contributed by atoms with Crippen molar-refractivity contribution in [2.24, 2.45) is 0 Å². The summed E-state index contributed by atoms with van der Waals surface area (Å²) in [7, 11) is 3.22. The van der Waals surface area contributed by atoms with Gasteiger partial charge in [-0.15, -0.1) is 11.3 Å². The minimum Gasteiger partial charge on any atom is -0.497 e. The molecule has 0 aliphatic rings. The number of nitrogens with one attached hydrogen (secondary N) is 1. The summed E-state index contributed by atoms with van der Waals surface area (Å²) in [5.74, 6) is 2.67. The topological polar surface area (TPSA) is 80.1 Å². The SMILES string of the molecule is CCCNc1nc(-c2cc(OC)cc(OC)c2)nc2sc(C#N)c(C)c12. The first kappa shape index (κ1) is 18.0. The van der Waals surface area contributed by atoms with Crippen molar-refractivity contribution in [3.63, 3.8) is 0 Å². The Bertz CT molecular complexity index is 969. The molecule has 1 N–H and O–H groups in total. The average molecular weight is 368 g/mol. The molecule has 1 aromatic carbocycles. The summed E-state index contributed by atoms with van der Waals surface area (Å²) < 4.78 is 10.7. The first-order valence-electron chi connectivity index (χ1n) is 8.29. The fourth-order valence-corrected chi connectivity index (χ4v) is 3.66. The van der Waals surface area contributed by atoms with E-state index in [-0.39, 0.29) is 0 Å². The summed E-state index contributed by atoms with van der Waals surface area (Å²) in [6, 6.07) is 7.80. The molecule has 0 saturated heterocycles. The second-order valence-electron chi connectivity index (χ2n) is 5.77. The molecule has 3 rings (SSSR count). The number of anilines is 1. The molecule has 0 amide bonds. The maximum Gasteiger partial charge on any atom is 0.163 e. The van der Waals surface area contributed by atoms with Gasteiger partial charge in [0.2, 0.25) is 0 Å². The lowest BCUT2D eigenvalue weighted by Gasteiger charge is -2.11. The summed E-state index contributed by atoms with van der Waals surface area (Å²) in [6.45, 7) is 4.83. The number of nitrogens with zero attached hydrogens (tertiary/aromatic N) is 3. The molecular weight excluding hydrogens is 348 g/mol. The van der Waals surface area contributed by atoms with Gasteiger partial charge in [-0.25, -0.2) is 9.97 Å². The molecule has 2 aromatic heterocycles. The van der Waals surface area contributed by atoms with Crippen LogP contribution in [0.25, 0.3) is 21.6 Å². The van der Waals surface area contributed by atoms with Crippen LogP contribution < -0.4 is 14.8 Å². The Morgan fingerprint density at radius 3 is 2.42 bits per heavy atom. The van der Waals surface area contributed by atoms with Crippen molar-refractivity contribution in [1.82, 2.24) is 9.97 Å². The molecule has 7 heteroatoms. The Labute approximate surface area is 156 Å². The number of benzene rings is 1. The van der Waals surface area contributed by atoms with Crippen molar-refractivity contribution in [3.8, 4) is 29.0 Å². The monoisotopic (exact) mass is 368 g/mol. The molecule has 26 heavy (non-hydrogen) atoms. The van der Waals surface area contributed by atoms with Gasteiger partial charge >= 0.3 is 0 Å². The van der Waals surface area contributed by atoms with Crippen LogP contribution >= 0.6 is 11.3 Å². The van der Waals surface area contributed by atoms with Gasteiger partial charge in [-0.3, -0.25) is 0 Å². The van der Waals surface area contributed by atoms with Crippen LogP contribution in [0.4, 0.5) is 5.82 Å². The van der Waals surface area contributed by atoms with E-state index in [0.29, 0.717) is 22.2 Å². The van der Waals surface area contributed by atoms with Crippen molar-refractivity contribution in [3.05, 3.63) is 28.6 Å². The maximum atomic E-state index is 9.37.